The highest BCUT2D eigenvalue weighted by atomic mass is 16.4. The molecular weight excluding hydrogens is 264 g/mol. The number of aromatic carboxylic acids is 1. The molecule has 0 radical (unpaired) electrons. The van der Waals surface area contributed by atoms with Crippen LogP contribution in [0, 0.1) is 0 Å². The maximum atomic E-state index is 11.4. The summed E-state index contributed by atoms with van der Waals surface area (Å²) in [6, 6.07) is 15.4. The average Bonchev–Trinajstić information content (AvgIpc) is 2.97. The quantitative estimate of drug-likeness (QED) is 0.849. The van der Waals surface area contributed by atoms with Crippen LogP contribution >= 0.6 is 0 Å². The van der Waals surface area contributed by atoms with E-state index < -0.39 is 5.97 Å². The Labute approximate surface area is 123 Å². The molecule has 1 saturated heterocycles. The summed E-state index contributed by atoms with van der Waals surface area (Å²) < 4.78 is 0. The lowest BCUT2D eigenvalue weighted by Gasteiger charge is -2.22. The van der Waals surface area contributed by atoms with Crippen molar-refractivity contribution in [2.24, 2.45) is 0 Å². The molecule has 21 heavy (non-hydrogen) atoms. The van der Waals surface area contributed by atoms with Gasteiger partial charge in [0, 0.05) is 19.0 Å². The minimum Gasteiger partial charge on any atom is -0.478 e. The predicted octanol–water partition coefficient (Wildman–Crippen LogP) is 2.96. The Kier molecular flexibility index (Phi) is 3.52. The van der Waals surface area contributed by atoms with E-state index in [2.05, 4.69) is 17.0 Å². The van der Waals surface area contributed by atoms with E-state index in [1.54, 1.807) is 18.2 Å². The van der Waals surface area contributed by atoms with E-state index in [0.29, 0.717) is 17.3 Å². The second-order valence-corrected chi connectivity index (χ2v) is 5.39. The molecule has 4 heteroatoms. The van der Waals surface area contributed by atoms with Crippen LogP contribution in [0.1, 0.15) is 28.3 Å². The number of carboxylic acids is 1. The van der Waals surface area contributed by atoms with E-state index in [9.17, 15) is 9.90 Å². The van der Waals surface area contributed by atoms with Gasteiger partial charge in [-0.15, -0.1) is 0 Å². The Morgan fingerprint density at radius 3 is 2.62 bits per heavy atom. The van der Waals surface area contributed by atoms with Crippen molar-refractivity contribution >= 4 is 17.3 Å². The average molecular weight is 282 g/mol. The highest BCUT2D eigenvalue weighted by Gasteiger charge is 2.27. The van der Waals surface area contributed by atoms with Crippen molar-refractivity contribution in [3.63, 3.8) is 0 Å². The number of para-hydroxylation sites is 1. The highest BCUT2D eigenvalue weighted by molar-refractivity contribution is 5.98. The van der Waals surface area contributed by atoms with Crippen molar-refractivity contribution in [3.8, 4) is 0 Å². The van der Waals surface area contributed by atoms with Gasteiger partial charge >= 0.3 is 5.97 Å². The fourth-order valence-electron chi connectivity index (χ4n) is 3.05. The van der Waals surface area contributed by atoms with Crippen LogP contribution in [-0.2, 0) is 0 Å². The van der Waals surface area contributed by atoms with E-state index >= 15 is 0 Å². The molecule has 4 nitrogen and oxygen atoms in total. The number of nitrogens with zero attached hydrogens (tertiary/aromatic N) is 1. The van der Waals surface area contributed by atoms with Crippen molar-refractivity contribution < 1.29 is 9.90 Å². The summed E-state index contributed by atoms with van der Waals surface area (Å²) in [7, 11) is 0. The number of carbonyl (C=O) groups is 1. The van der Waals surface area contributed by atoms with Gasteiger partial charge in [-0.3, -0.25) is 0 Å². The topological polar surface area (TPSA) is 66.6 Å². The molecule has 1 atom stereocenters. The smallest absolute Gasteiger partial charge is 0.337 e. The summed E-state index contributed by atoms with van der Waals surface area (Å²) in [6.45, 7) is 1.63. The van der Waals surface area contributed by atoms with Crippen LogP contribution in [-0.4, -0.2) is 24.2 Å². The van der Waals surface area contributed by atoms with Gasteiger partial charge in [-0.25, -0.2) is 4.79 Å². The minimum absolute atomic E-state index is 0.281. The van der Waals surface area contributed by atoms with E-state index in [1.165, 1.54) is 5.56 Å². The second kappa shape index (κ2) is 5.48. The summed E-state index contributed by atoms with van der Waals surface area (Å²) >= 11 is 0. The first-order valence-electron chi connectivity index (χ1n) is 7.08. The number of anilines is 2. The van der Waals surface area contributed by atoms with Gasteiger partial charge in [0.15, 0.2) is 0 Å². The molecule has 0 spiro atoms. The molecule has 1 fully saturated rings. The van der Waals surface area contributed by atoms with Crippen LogP contribution in [0.25, 0.3) is 0 Å². The number of benzene rings is 2. The van der Waals surface area contributed by atoms with E-state index in [-0.39, 0.29) is 5.56 Å². The van der Waals surface area contributed by atoms with Crippen molar-refractivity contribution in [3.05, 3.63) is 59.7 Å². The summed E-state index contributed by atoms with van der Waals surface area (Å²) in [6.07, 6.45) is 1.01. The third kappa shape index (κ3) is 2.57. The molecule has 1 heterocycles. The Hall–Kier alpha value is -2.49. The Morgan fingerprint density at radius 1 is 1.14 bits per heavy atom. The monoisotopic (exact) mass is 282 g/mol. The number of nitrogen functional groups attached to an aromatic ring is 1. The van der Waals surface area contributed by atoms with Crippen molar-refractivity contribution in [1.29, 1.82) is 0 Å². The zero-order chi connectivity index (χ0) is 14.8. The Bertz CT molecular complexity index is 655. The van der Waals surface area contributed by atoms with Gasteiger partial charge in [-0.2, -0.15) is 0 Å². The molecule has 108 valence electrons. The van der Waals surface area contributed by atoms with Gasteiger partial charge in [0.25, 0.3) is 0 Å². The third-order valence-electron chi connectivity index (χ3n) is 4.07. The van der Waals surface area contributed by atoms with Gasteiger partial charge in [0.05, 0.1) is 16.9 Å². The Morgan fingerprint density at radius 2 is 1.90 bits per heavy atom. The van der Waals surface area contributed by atoms with Crippen LogP contribution < -0.4 is 10.6 Å². The van der Waals surface area contributed by atoms with Gasteiger partial charge < -0.3 is 15.7 Å². The molecule has 0 amide bonds. The van der Waals surface area contributed by atoms with Gasteiger partial charge in [0.1, 0.15) is 0 Å². The zero-order valence-corrected chi connectivity index (χ0v) is 11.7. The lowest BCUT2D eigenvalue weighted by atomic mass is 9.99. The number of hydrogen-bond donors (Lipinski definition) is 2. The molecule has 2 aromatic rings. The number of nitrogens with two attached hydrogens (primary N) is 1. The molecule has 2 aromatic carbocycles. The fraction of sp³-hybridized carbons (Fsp3) is 0.235. The largest absolute Gasteiger partial charge is 0.478 e. The lowest BCUT2D eigenvalue weighted by molar-refractivity contribution is 0.0697. The van der Waals surface area contributed by atoms with E-state index in [4.69, 9.17) is 5.73 Å². The molecule has 1 unspecified atom stereocenters. The maximum absolute atomic E-state index is 11.4. The van der Waals surface area contributed by atoms with E-state index in [1.807, 2.05) is 18.2 Å². The normalized spacial score (nSPS) is 17.9. The van der Waals surface area contributed by atoms with Crippen molar-refractivity contribution in [2.75, 3.05) is 23.7 Å². The zero-order valence-electron chi connectivity index (χ0n) is 11.7. The van der Waals surface area contributed by atoms with Gasteiger partial charge in [0.2, 0.25) is 0 Å². The van der Waals surface area contributed by atoms with Crippen LogP contribution in [0.2, 0.25) is 0 Å². The first-order valence-corrected chi connectivity index (χ1v) is 7.08. The fourth-order valence-corrected chi connectivity index (χ4v) is 3.05. The molecule has 0 bridgehead atoms. The molecule has 3 N–H and O–H groups in total. The molecule has 0 aromatic heterocycles. The molecule has 1 aliphatic heterocycles. The molecule has 0 aliphatic carbocycles. The summed E-state index contributed by atoms with van der Waals surface area (Å²) in [5, 5.41) is 9.35. The number of carboxylic acid groups (broad SMARTS) is 1. The predicted molar refractivity (Wildman–Crippen MR) is 83.8 cm³/mol. The third-order valence-corrected chi connectivity index (χ3v) is 4.07. The van der Waals surface area contributed by atoms with Gasteiger partial charge in [-0.1, -0.05) is 36.4 Å². The summed E-state index contributed by atoms with van der Waals surface area (Å²) in [5.74, 6) is -0.507. The first kappa shape index (κ1) is 13.5. The summed E-state index contributed by atoms with van der Waals surface area (Å²) in [5.41, 5.74) is 8.78. The van der Waals surface area contributed by atoms with Crippen LogP contribution in [0.5, 0.6) is 0 Å². The minimum atomic E-state index is -0.930. The SMILES string of the molecule is Nc1cccc(C(=O)O)c1N1CCC(c2ccccc2)C1. The Balaban J connectivity index is 1.89. The lowest BCUT2D eigenvalue weighted by Crippen LogP contribution is -2.23. The number of hydrogen-bond acceptors (Lipinski definition) is 3. The first-order chi connectivity index (χ1) is 10.2. The molecule has 1 aliphatic rings. The van der Waals surface area contributed by atoms with Crippen LogP contribution in [0.4, 0.5) is 11.4 Å². The summed E-state index contributed by atoms with van der Waals surface area (Å²) in [4.78, 5) is 13.5. The van der Waals surface area contributed by atoms with Crippen molar-refractivity contribution in [2.45, 2.75) is 12.3 Å². The maximum Gasteiger partial charge on any atom is 0.337 e. The van der Waals surface area contributed by atoms with Gasteiger partial charge in [-0.05, 0) is 24.1 Å². The molecular formula is C17H18N2O2. The van der Waals surface area contributed by atoms with Crippen molar-refractivity contribution in [1.82, 2.24) is 0 Å². The highest BCUT2D eigenvalue weighted by Crippen LogP contribution is 2.35. The molecule has 0 saturated carbocycles. The number of rotatable bonds is 3. The van der Waals surface area contributed by atoms with E-state index in [0.717, 1.165) is 19.5 Å². The second-order valence-electron chi connectivity index (χ2n) is 5.39. The van der Waals surface area contributed by atoms with Crippen LogP contribution in [0.3, 0.4) is 0 Å². The molecule has 3 rings (SSSR count). The standard InChI is InChI=1S/C17H18N2O2/c18-15-8-4-7-14(17(20)21)16(15)19-10-9-13(11-19)12-5-2-1-3-6-12/h1-8,13H,9-11,18H2,(H,20,21). The van der Waals surface area contributed by atoms with Crippen LogP contribution in [0.15, 0.2) is 48.5 Å².